The molecular weight excluding hydrogens is 367 g/mol. The summed E-state index contributed by atoms with van der Waals surface area (Å²) in [5.74, 6) is -0.514. The maximum Gasteiger partial charge on any atom is 0.331 e. The van der Waals surface area contributed by atoms with E-state index < -0.39 is 23.7 Å². The number of aryl methyl sites for hydroxylation is 1. The summed E-state index contributed by atoms with van der Waals surface area (Å²) in [5, 5.41) is 12.5. The largest absolute Gasteiger partial charge is 0.354 e. The van der Waals surface area contributed by atoms with E-state index in [4.69, 9.17) is 28.5 Å². The molecule has 0 atom stereocenters. The molecule has 1 heterocycles. The van der Waals surface area contributed by atoms with E-state index >= 15 is 0 Å². The highest BCUT2D eigenvalue weighted by Gasteiger charge is 2.13. The molecule has 0 saturated heterocycles. The third-order valence-corrected chi connectivity index (χ3v) is 4.07. The van der Waals surface area contributed by atoms with Crippen molar-refractivity contribution >= 4 is 29.1 Å². The van der Waals surface area contributed by atoms with Crippen LogP contribution in [0, 0.1) is 11.3 Å². The lowest BCUT2D eigenvalue weighted by molar-refractivity contribution is -0.121. The van der Waals surface area contributed by atoms with Gasteiger partial charge in [-0.25, -0.2) is 9.36 Å². The summed E-state index contributed by atoms with van der Waals surface area (Å²) in [6.45, 7) is -0.192. The van der Waals surface area contributed by atoms with Gasteiger partial charge in [0.05, 0.1) is 0 Å². The lowest BCUT2D eigenvalue weighted by atomic mass is 10.1. The number of hydrogen-bond acceptors (Lipinski definition) is 4. The van der Waals surface area contributed by atoms with Gasteiger partial charge in [0.1, 0.15) is 18.2 Å². The Hall–Kier alpha value is -2.56. The molecule has 0 unspecified atom stereocenters. The predicted octanol–water partition coefficient (Wildman–Crippen LogP) is 1.08. The molecule has 25 heavy (non-hydrogen) atoms. The van der Waals surface area contributed by atoms with Gasteiger partial charge in [-0.3, -0.25) is 9.59 Å². The molecule has 0 fully saturated rings. The van der Waals surface area contributed by atoms with E-state index in [0.29, 0.717) is 16.5 Å². The number of hydrogen-bond donors (Lipinski definition) is 1. The molecule has 0 aliphatic rings. The van der Waals surface area contributed by atoms with E-state index in [1.54, 1.807) is 24.3 Å². The van der Waals surface area contributed by atoms with Crippen LogP contribution in [0.15, 0.2) is 34.0 Å². The van der Waals surface area contributed by atoms with Crippen molar-refractivity contribution in [2.75, 3.05) is 6.54 Å². The van der Waals surface area contributed by atoms with Crippen LogP contribution in [0.2, 0.25) is 10.0 Å². The monoisotopic (exact) mass is 380 g/mol. The molecule has 0 saturated carbocycles. The second-order valence-corrected chi connectivity index (χ2v) is 6.12. The van der Waals surface area contributed by atoms with Crippen molar-refractivity contribution in [3.63, 3.8) is 0 Å². The van der Waals surface area contributed by atoms with Gasteiger partial charge in [0.2, 0.25) is 5.91 Å². The molecule has 1 aromatic carbocycles. The maximum atomic E-state index is 12.0. The van der Waals surface area contributed by atoms with E-state index in [0.717, 1.165) is 20.9 Å². The van der Waals surface area contributed by atoms with E-state index in [2.05, 4.69) is 5.32 Å². The lowest BCUT2D eigenvalue weighted by Gasteiger charge is -2.09. The predicted molar refractivity (Wildman–Crippen MR) is 93.8 cm³/mol. The molecular formula is C16H14Cl2N4O3. The van der Waals surface area contributed by atoms with Crippen LogP contribution in [0.1, 0.15) is 11.1 Å². The molecule has 1 N–H and O–H groups in total. The minimum absolute atomic E-state index is 0.206. The Morgan fingerprint density at radius 2 is 2.04 bits per heavy atom. The first-order chi connectivity index (χ1) is 11.8. The third kappa shape index (κ3) is 4.50. The summed E-state index contributed by atoms with van der Waals surface area (Å²) in [6.07, 6.45) is 1.61. The summed E-state index contributed by atoms with van der Waals surface area (Å²) in [4.78, 5) is 36.0. The van der Waals surface area contributed by atoms with Crippen LogP contribution in [-0.2, 0) is 24.8 Å². The van der Waals surface area contributed by atoms with Crippen LogP contribution in [0.5, 0.6) is 0 Å². The summed E-state index contributed by atoms with van der Waals surface area (Å²) in [7, 11) is 1.40. The normalized spacial score (nSPS) is 10.3. The number of aromatic nitrogens is 2. The van der Waals surface area contributed by atoms with Gasteiger partial charge >= 0.3 is 5.69 Å². The van der Waals surface area contributed by atoms with Crippen LogP contribution in [0.4, 0.5) is 0 Å². The smallest absolute Gasteiger partial charge is 0.331 e. The van der Waals surface area contributed by atoms with Crippen LogP contribution in [-0.4, -0.2) is 21.6 Å². The zero-order chi connectivity index (χ0) is 18.6. The van der Waals surface area contributed by atoms with E-state index in [1.807, 2.05) is 0 Å². The molecule has 0 radical (unpaired) electrons. The SMILES string of the molecule is Cn1cc(C#N)c(=O)n(CC(=O)NCCc2ccc(Cl)cc2Cl)c1=O. The zero-order valence-electron chi connectivity index (χ0n) is 13.3. The highest BCUT2D eigenvalue weighted by molar-refractivity contribution is 6.35. The number of carbonyl (C=O) groups excluding carboxylic acids is 1. The van der Waals surface area contributed by atoms with Crippen molar-refractivity contribution in [3.8, 4) is 6.07 Å². The van der Waals surface area contributed by atoms with Gasteiger partial charge in [0.15, 0.2) is 0 Å². The van der Waals surface area contributed by atoms with Crippen LogP contribution in [0.3, 0.4) is 0 Å². The molecule has 0 aliphatic carbocycles. The molecule has 1 aromatic heterocycles. The first-order valence-corrected chi connectivity index (χ1v) is 8.00. The summed E-state index contributed by atoms with van der Waals surface area (Å²) in [6, 6.07) is 6.76. The first kappa shape index (κ1) is 18.8. The van der Waals surface area contributed by atoms with Gasteiger partial charge in [-0.1, -0.05) is 29.3 Å². The second-order valence-electron chi connectivity index (χ2n) is 5.28. The average Bonchev–Trinajstić information content (AvgIpc) is 2.57. The Balaban J connectivity index is 2.04. The van der Waals surface area contributed by atoms with Crippen molar-refractivity contribution in [1.29, 1.82) is 5.26 Å². The van der Waals surface area contributed by atoms with Crippen LogP contribution >= 0.6 is 23.2 Å². The molecule has 130 valence electrons. The quantitative estimate of drug-likeness (QED) is 0.838. The van der Waals surface area contributed by atoms with Crippen molar-refractivity contribution in [3.05, 3.63) is 66.4 Å². The standard InChI is InChI=1S/C16H14Cl2N4O3/c1-21-8-11(7-19)15(24)22(16(21)25)9-14(23)20-5-4-10-2-3-12(17)6-13(10)18/h2-3,6,8H,4-5,9H2,1H3,(H,20,23). The molecule has 0 bridgehead atoms. The second kappa shape index (κ2) is 8.01. The van der Waals surface area contributed by atoms with Crippen molar-refractivity contribution in [2.24, 2.45) is 7.05 Å². The molecule has 1 amide bonds. The minimum Gasteiger partial charge on any atom is -0.354 e. The molecule has 0 aliphatic heterocycles. The van der Waals surface area contributed by atoms with Gasteiger partial charge in [-0.2, -0.15) is 5.26 Å². The van der Waals surface area contributed by atoms with E-state index in [-0.39, 0.29) is 12.1 Å². The van der Waals surface area contributed by atoms with Crippen molar-refractivity contribution < 1.29 is 4.79 Å². The Morgan fingerprint density at radius 1 is 1.32 bits per heavy atom. The Kier molecular flexibility index (Phi) is 6.02. The molecule has 2 rings (SSSR count). The Labute approximate surface area is 153 Å². The van der Waals surface area contributed by atoms with Gasteiger partial charge in [-0.15, -0.1) is 0 Å². The van der Waals surface area contributed by atoms with Gasteiger partial charge in [-0.05, 0) is 24.1 Å². The number of nitriles is 1. The number of rotatable bonds is 5. The van der Waals surface area contributed by atoms with E-state index in [1.165, 1.54) is 7.05 Å². The average molecular weight is 381 g/mol. The number of benzene rings is 1. The maximum absolute atomic E-state index is 12.0. The number of amides is 1. The number of nitrogens with one attached hydrogen (secondary N) is 1. The molecule has 9 heteroatoms. The van der Waals surface area contributed by atoms with Crippen LogP contribution < -0.4 is 16.6 Å². The third-order valence-electron chi connectivity index (χ3n) is 3.48. The number of carbonyl (C=O) groups is 1. The van der Waals surface area contributed by atoms with Gasteiger partial charge in [0, 0.05) is 29.8 Å². The highest BCUT2D eigenvalue weighted by Crippen LogP contribution is 2.20. The van der Waals surface area contributed by atoms with Crippen LogP contribution in [0.25, 0.3) is 0 Å². The minimum atomic E-state index is -0.790. The first-order valence-electron chi connectivity index (χ1n) is 7.24. The fourth-order valence-electron chi connectivity index (χ4n) is 2.20. The van der Waals surface area contributed by atoms with Crippen molar-refractivity contribution in [2.45, 2.75) is 13.0 Å². The summed E-state index contributed by atoms with van der Waals surface area (Å²) < 4.78 is 1.81. The fraction of sp³-hybridized carbons (Fsp3) is 0.250. The summed E-state index contributed by atoms with van der Waals surface area (Å²) in [5.41, 5.74) is -0.852. The van der Waals surface area contributed by atoms with Crippen molar-refractivity contribution in [1.82, 2.24) is 14.5 Å². The summed E-state index contributed by atoms with van der Waals surface area (Å²) >= 11 is 11.9. The lowest BCUT2D eigenvalue weighted by Crippen LogP contribution is -2.44. The number of halogens is 2. The number of nitrogens with zero attached hydrogens (tertiary/aromatic N) is 3. The van der Waals surface area contributed by atoms with Gasteiger partial charge < -0.3 is 9.88 Å². The molecule has 7 nitrogen and oxygen atoms in total. The highest BCUT2D eigenvalue weighted by atomic mass is 35.5. The fourth-order valence-corrected chi connectivity index (χ4v) is 2.71. The molecule has 2 aromatic rings. The Morgan fingerprint density at radius 3 is 2.68 bits per heavy atom. The topological polar surface area (TPSA) is 96.9 Å². The van der Waals surface area contributed by atoms with Gasteiger partial charge in [0.25, 0.3) is 5.56 Å². The molecule has 0 spiro atoms. The van der Waals surface area contributed by atoms with E-state index in [9.17, 15) is 14.4 Å². The zero-order valence-corrected chi connectivity index (χ0v) is 14.8. The Bertz CT molecular complexity index is 973.